The minimum absolute atomic E-state index is 0.361. The summed E-state index contributed by atoms with van der Waals surface area (Å²) in [5, 5.41) is 30.1. The number of carbonyl (C=O) groups excluding carboxylic acids is 2. The predicted molar refractivity (Wildman–Crippen MR) is 114 cm³/mol. The Bertz CT molecular complexity index is 737. The van der Waals surface area contributed by atoms with E-state index in [-0.39, 0.29) is 0 Å². The minimum Gasteiger partial charge on any atom is -0.384 e. The van der Waals surface area contributed by atoms with Crippen LogP contribution in [0, 0.1) is 0 Å². The van der Waals surface area contributed by atoms with Crippen molar-refractivity contribution < 1.29 is 24.9 Å². The molecular weight excluding hydrogens is 368 g/mol. The van der Waals surface area contributed by atoms with E-state index >= 15 is 0 Å². The average molecular weight is 401 g/mol. The number of Topliss-reactive ketones (excluding diaryl/α,β-unsaturated/α-hetero) is 2. The standard InChI is InChI=1S/C21H24O5.C3H8/c1-20(2,25)18(23)15-9-5-13(6-10-15)17(22)14-7-11-16(12-8-14)19(24)21(3,4)26;1-3-2/h5-12,17,22,25-26H,1-4H3;3H2,1-2H3. The molecule has 0 amide bonds. The minimum atomic E-state index is -1.46. The first-order valence-corrected chi connectivity index (χ1v) is 9.75. The molecule has 0 spiro atoms. The van der Waals surface area contributed by atoms with E-state index in [0.717, 1.165) is 0 Å². The van der Waals surface area contributed by atoms with Gasteiger partial charge in [-0.05, 0) is 38.8 Å². The van der Waals surface area contributed by atoms with E-state index in [2.05, 4.69) is 13.8 Å². The lowest BCUT2D eigenvalue weighted by atomic mass is 9.93. The molecule has 0 saturated heterocycles. The van der Waals surface area contributed by atoms with Crippen molar-refractivity contribution >= 4 is 11.6 Å². The van der Waals surface area contributed by atoms with E-state index in [1.54, 1.807) is 48.5 Å². The van der Waals surface area contributed by atoms with Gasteiger partial charge in [0.15, 0.2) is 11.6 Å². The topological polar surface area (TPSA) is 94.8 Å². The van der Waals surface area contributed by atoms with Crippen LogP contribution >= 0.6 is 0 Å². The molecule has 5 nitrogen and oxygen atoms in total. The molecule has 0 aliphatic rings. The fraction of sp³-hybridized carbons (Fsp3) is 0.417. The Labute approximate surface area is 173 Å². The van der Waals surface area contributed by atoms with Crippen LogP contribution in [0.1, 0.15) is 85.9 Å². The first kappa shape index (κ1) is 24.7. The number of benzene rings is 2. The van der Waals surface area contributed by atoms with Gasteiger partial charge in [-0.2, -0.15) is 0 Å². The second-order valence-corrected chi connectivity index (χ2v) is 8.13. The normalized spacial score (nSPS) is 11.7. The van der Waals surface area contributed by atoms with E-state index < -0.39 is 28.9 Å². The van der Waals surface area contributed by atoms with Gasteiger partial charge in [-0.25, -0.2) is 0 Å². The number of ketones is 2. The van der Waals surface area contributed by atoms with Gasteiger partial charge in [-0.3, -0.25) is 9.59 Å². The molecule has 0 aliphatic carbocycles. The van der Waals surface area contributed by atoms with Crippen molar-refractivity contribution in [1.29, 1.82) is 0 Å². The van der Waals surface area contributed by atoms with Crippen molar-refractivity contribution in [2.45, 2.75) is 65.3 Å². The lowest BCUT2D eigenvalue weighted by molar-refractivity contribution is 0.0487. The van der Waals surface area contributed by atoms with Crippen LogP contribution in [0.4, 0.5) is 0 Å². The van der Waals surface area contributed by atoms with Crippen LogP contribution in [0.5, 0.6) is 0 Å². The van der Waals surface area contributed by atoms with Crippen LogP contribution in [0.2, 0.25) is 0 Å². The molecule has 0 fully saturated rings. The molecule has 0 atom stereocenters. The quantitative estimate of drug-likeness (QED) is 0.635. The summed E-state index contributed by atoms with van der Waals surface area (Å²) >= 11 is 0. The molecule has 0 aromatic heterocycles. The Morgan fingerprint density at radius 2 is 0.966 bits per heavy atom. The van der Waals surface area contributed by atoms with Gasteiger partial charge in [0.2, 0.25) is 0 Å². The van der Waals surface area contributed by atoms with E-state index in [9.17, 15) is 24.9 Å². The maximum atomic E-state index is 12.0. The van der Waals surface area contributed by atoms with Gasteiger partial charge in [-0.1, -0.05) is 68.8 Å². The molecule has 2 rings (SSSR count). The summed E-state index contributed by atoms with van der Waals surface area (Å²) in [5.74, 6) is -0.791. The van der Waals surface area contributed by atoms with E-state index in [1.165, 1.54) is 34.1 Å². The van der Waals surface area contributed by atoms with Gasteiger partial charge in [-0.15, -0.1) is 0 Å². The molecule has 2 aromatic carbocycles. The van der Waals surface area contributed by atoms with Crippen molar-refractivity contribution in [3.8, 4) is 0 Å². The first-order chi connectivity index (χ1) is 13.3. The molecular formula is C24H32O5. The molecule has 0 radical (unpaired) electrons. The SMILES string of the molecule is CC(C)(O)C(=O)c1ccc(C(O)c2ccc(C(=O)C(C)(C)O)cc2)cc1.CCC. The molecule has 0 unspecified atom stereocenters. The summed E-state index contributed by atoms with van der Waals surface area (Å²) in [5.41, 5.74) is -1.02. The molecule has 3 N–H and O–H groups in total. The van der Waals surface area contributed by atoms with Crippen molar-refractivity contribution in [3.05, 3.63) is 70.8 Å². The number of carbonyl (C=O) groups is 2. The largest absolute Gasteiger partial charge is 0.384 e. The Kier molecular flexibility index (Phi) is 8.45. The Hall–Kier alpha value is -2.34. The highest BCUT2D eigenvalue weighted by molar-refractivity contribution is 6.02. The molecule has 0 bridgehead atoms. The highest BCUT2D eigenvalue weighted by Gasteiger charge is 2.26. The fourth-order valence-electron chi connectivity index (χ4n) is 2.53. The number of aliphatic hydroxyl groups is 3. The number of aliphatic hydroxyl groups excluding tert-OH is 1. The molecule has 0 aliphatic heterocycles. The van der Waals surface area contributed by atoms with Crippen LogP contribution in [-0.2, 0) is 0 Å². The van der Waals surface area contributed by atoms with Crippen LogP contribution < -0.4 is 0 Å². The number of rotatable bonds is 6. The lowest BCUT2D eigenvalue weighted by Gasteiger charge is -2.17. The molecule has 0 heterocycles. The summed E-state index contributed by atoms with van der Waals surface area (Å²) < 4.78 is 0. The van der Waals surface area contributed by atoms with E-state index in [1.807, 2.05) is 0 Å². The third-order valence-corrected chi connectivity index (χ3v) is 4.09. The van der Waals surface area contributed by atoms with Gasteiger partial charge in [0, 0.05) is 11.1 Å². The lowest BCUT2D eigenvalue weighted by Crippen LogP contribution is -2.31. The van der Waals surface area contributed by atoms with Gasteiger partial charge < -0.3 is 15.3 Å². The highest BCUT2D eigenvalue weighted by atomic mass is 16.3. The van der Waals surface area contributed by atoms with Crippen LogP contribution in [0.25, 0.3) is 0 Å². The summed E-state index contributed by atoms with van der Waals surface area (Å²) in [7, 11) is 0. The van der Waals surface area contributed by atoms with E-state index in [4.69, 9.17) is 0 Å². The summed E-state index contributed by atoms with van der Waals surface area (Å²) in [6.07, 6.45) is 0.326. The van der Waals surface area contributed by atoms with Crippen LogP contribution in [0.15, 0.2) is 48.5 Å². The van der Waals surface area contributed by atoms with Crippen molar-refractivity contribution in [3.63, 3.8) is 0 Å². The second-order valence-electron chi connectivity index (χ2n) is 8.13. The molecule has 158 valence electrons. The third kappa shape index (κ3) is 6.89. The average Bonchev–Trinajstić information content (AvgIpc) is 2.65. The van der Waals surface area contributed by atoms with Crippen molar-refractivity contribution in [2.24, 2.45) is 0 Å². The van der Waals surface area contributed by atoms with Gasteiger partial charge in [0.1, 0.15) is 17.3 Å². The van der Waals surface area contributed by atoms with Gasteiger partial charge in [0.25, 0.3) is 0 Å². The van der Waals surface area contributed by atoms with Gasteiger partial charge in [0.05, 0.1) is 0 Å². The van der Waals surface area contributed by atoms with E-state index in [0.29, 0.717) is 22.3 Å². The zero-order chi connectivity index (χ0) is 22.4. The number of hydrogen-bond donors (Lipinski definition) is 3. The monoisotopic (exact) mass is 400 g/mol. The number of hydrogen-bond acceptors (Lipinski definition) is 5. The zero-order valence-electron chi connectivity index (χ0n) is 18.1. The maximum absolute atomic E-state index is 12.0. The van der Waals surface area contributed by atoms with Gasteiger partial charge >= 0.3 is 0 Å². The van der Waals surface area contributed by atoms with Crippen molar-refractivity contribution in [1.82, 2.24) is 0 Å². The van der Waals surface area contributed by atoms with Crippen LogP contribution in [-0.4, -0.2) is 38.1 Å². The van der Waals surface area contributed by atoms with Crippen molar-refractivity contribution in [2.75, 3.05) is 0 Å². The smallest absolute Gasteiger partial charge is 0.193 e. The molecule has 2 aromatic rings. The van der Waals surface area contributed by atoms with Crippen LogP contribution in [0.3, 0.4) is 0 Å². The third-order valence-electron chi connectivity index (χ3n) is 4.09. The zero-order valence-corrected chi connectivity index (χ0v) is 18.1. The summed E-state index contributed by atoms with van der Waals surface area (Å²) in [4.78, 5) is 24.1. The summed E-state index contributed by atoms with van der Waals surface area (Å²) in [6.45, 7) is 9.95. The Balaban J connectivity index is 0.00000132. The molecule has 29 heavy (non-hydrogen) atoms. The first-order valence-electron chi connectivity index (χ1n) is 9.75. The molecule has 0 saturated carbocycles. The highest BCUT2D eigenvalue weighted by Crippen LogP contribution is 2.24. The second kappa shape index (κ2) is 9.92. The maximum Gasteiger partial charge on any atom is 0.193 e. The Morgan fingerprint density at radius 3 is 1.17 bits per heavy atom. The summed E-state index contributed by atoms with van der Waals surface area (Å²) in [6, 6.07) is 12.7. The predicted octanol–water partition coefficient (Wildman–Crippen LogP) is 4.09. The Morgan fingerprint density at radius 1 is 0.724 bits per heavy atom. The molecule has 5 heteroatoms. The fourth-order valence-corrected chi connectivity index (χ4v) is 2.53.